The summed E-state index contributed by atoms with van der Waals surface area (Å²) in [6.07, 6.45) is 8.28. The van der Waals surface area contributed by atoms with Crippen molar-refractivity contribution in [1.82, 2.24) is 4.98 Å². The maximum absolute atomic E-state index is 12.6. The molecule has 1 fully saturated rings. The molecular weight excluding hydrogens is 254 g/mol. The van der Waals surface area contributed by atoms with Crippen molar-refractivity contribution in [3.63, 3.8) is 0 Å². The van der Waals surface area contributed by atoms with E-state index >= 15 is 0 Å². The van der Waals surface area contributed by atoms with Gasteiger partial charge >= 0.3 is 0 Å². The second kappa shape index (κ2) is 6.08. The molecule has 1 aliphatic heterocycles. The van der Waals surface area contributed by atoms with E-state index < -0.39 is 0 Å². The largest absolute Gasteiger partial charge is 0.299 e. The van der Waals surface area contributed by atoms with Gasteiger partial charge in [-0.2, -0.15) is 11.8 Å². The van der Waals surface area contributed by atoms with Crippen LogP contribution in [0.5, 0.6) is 0 Å². The van der Waals surface area contributed by atoms with Crippen LogP contribution in [0.25, 0.3) is 0 Å². The highest BCUT2D eigenvalue weighted by molar-refractivity contribution is 7.99. The van der Waals surface area contributed by atoms with E-state index in [1.165, 1.54) is 29.9 Å². The van der Waals surface area contributed by atoms with Crippen LogP contribution in [0.4, 0.5) is 0 Å². The van der Waals surface area contributed by atoms with Crippen LogP contribution in [0, 0.1) is 5.92 Å². The van der Waals surface area contributed by atoms with Gasteiger partial charge in [0.1, 0.15) is 5.78 Å². The number of hydrogen-bond donors (Lipinski definition) is 0. The van der Waals surface area contributed by atoms with Crippen molar-refractivity contribution in [2.75, 3.05) is 11.5 Å². The molecule has 1 saturated heterocycles. The van der Waals surface area contributed by atoms with Gasteiger partial charge in [0, 0.05) is 12.6 Å². The molecule has 1 aromatic heterocycles. The molecule has 0 N–H and O–H groups in total. The van der Waals surface area contributed by atoms with E-state index in [0.29, 0.717) is 11.7 Å². The molecule has 1 atom stereocenters. The van der Waals surface area contributed by atoms with Gasteiger partial charge in [0.05, 0.1) is 11.6 Å². The minimum atomic E-state index is 0.0829. The van der Waals surface area contributed by atoms with Crippen molar-refractivity contribution in [3.05, 3.63) is 29.6 Å². The molecule has 0 spiro atoms. The molecule has 2 heterocycles. The summed E-state index contributed by atoms with van der Waals surface area (Å²) in [4.78, 5) is 17.1. The molecule has 3 heteroatoms. The maximum Gasteiger partial charge on any atom is 0.142 e. The van der Waals surface area contributed by atoms with Gasteiger partial charge in [-0.3, -0.25) is 9.78 Å². The molecule has 0 radical (unpaired) electrons. The molecule has 3 rings (SSSR count). The van der Waals surface area contributed by atoms with Crippen LogP contribution in [0.2, 0.25) is 0 Å². The molecule has 1 aliphatic carbocycles. The van der Waals surface area contributed by atoms with E-state index in [-0.39, 0.29) is 5.92 Å². The van der Waals surface area contributed by atoms with E-state index in [0.717, 1.165) is 31.4 Å². The van der Waals surface area contributed by atoms with Crippen molar-refractivity contribution in [1.29, 1.82) is 0 Å². The fraction of sp³-hybridized carbons (Fsp3) is 0.625. The summed E-state index contributed by atoms with van der Waals surface area (Å²) in [6.45, 7) is 0. The van der Waals surface area contributed by atoms with Crippen LogP contribution in [0.3, 0.4) is 0 Å². The summed E-state index contributed by atoms with van der Waals surface area (Å²) in [5, 5.41) is 0. The van der Waals surface area contributed by atoms with Gasteiger partial charge in [0.15, 0.2) is 0 Å². The van der Waals surface area contributed by atoms with Crippen molar-refractivity contribution in [2.24, 2.45) is 5.92 Å². The lowest BCUT2D eigenvalue weighted by molar-refractivity contribution is -0.121. The first-order chi connectivity index (χ1) is 9.34. The van der Waals surface area contributed by atoms with Crippen LogP contribution in [0.15, 0.2) is 18.3 Å². The number of carbonyl (C=O) groups is 1. The monoisotopic (exact) mass is 275 g/mol. The highest BCUT2D eigenvalue weighted by atomic mass is 32.2. The topological polar surface area (TPSA) is 30.0 Å². The Morgan fingerprint density at radius 1 is 1.32 bits per heavy atom. The van der Waals surface area contributed by atoms with Crippen molar-refractivity contribution in [2.45, 2.75) is 44.4 Å². The highest BCUT2D eigenvalue weighted by Gasteiger charge is 2.29. The first-order valence-corrected chi connectivity index (χ1v) is 8.54. The van der Waals surface area contributed by atoms with E-state index in [1.807, 2.05) is 24.0 Å². The SMILES string of the molecule is O=C(CC1CCSCC1)C1CCCc2cccnc21. The van der Waals surface area contributed by atoms with E-state index in [4.69, 9.17) is 0 Å². The van der Waals surface area contributed by atoms with Gasteiger partial charge in [-0.15, -0.1) is 0 Å². The summed E-state index contributed by atoms with van der Waals surface area (Å²) in [5.74, 6) is 3.62. The quantitative estimate of drug-likeness (QED) is 0.844. The van der Waals surface area contributed by atoms with Crippen LogP contribution in [-0.4, -0.2) is 22.3 Å². The van der Waals surface area contributed by atoms with Gasteiger partial charge in [-0.1, -0.05) is 6.07 Å². The molecule has 19 heavy (non-hydrogen) atoms. The smallest absolute Gasteiger partial charge is 0.142 e. The molecule has 0 saturated carbocycles. The summed E-state index contributed by atoms with van der Waals surface area (Å²) < 4.78 is 0. The Kier molecular flexibility index (Phi) is 4.21. The Hall–Kier alpha value is -0.830. The normalized spacial score (nSPS) is 23.9. The number of aromatic nitrogens is 1. The van der Waals surface area contributed by atoms with Crippen molar-refractivity contribution >= 4 is 17.5 Å². The van der Waals surface area contributed by atoms with Crippen molar-refractivity contribution in [3.8, 4) is 0 Å². The van der Waals surface area contributed by atoms with Crippen LogP contribution >= 0.6 is 11.8 Å². The Labute approximate surface area is 119 Å². The number of aryl methyl sites for hydroxylation is 1. The van der Waals surface area contributed by atoms with Crippen LogP contribution in [-0.2, 0) is 11.2 Å². The standard InChI is InChI=1S/C16H21NOS/c18-15(11-12-6-9-19-10-7-12)14-5-1-3-13-4-2-8-17-16(13)14/h2,4,8,12,14H,1,3,5-7,9-11H2. The number of thioether (sulfide) groups is 1. The number of carbonyl (C=O) groups excluding carboxylic acids is 1. The molecule has 0 aromatic carbocycles. The molecule has 0 bridgehead atoms. The number of rotatable bonds is 3. The Balaban J connectivity index is 1.70. The summed E-state index contributed by atoms with van der Waals surface area (Å²) in [5.41, 5.74) is 2.37. The number of fused-ring (bicyclic) bond motifs is 1. The van der Waals surface area contributed by atoms with E-state index in [9.17, 15) is 4.79 Å². The van der Waals surface area contributed by atoms with Gasteiger partial charge in [0.25, 0.3) is 0 Å². The predicted molar refractivity (Wildman–Crippen MR) is 79.6 cm³/mol. The van der Waals surface area contributed by atoms with Gasteiger partial charge < -0.3 is 0 Å². The molecular formula is C16H21NOS. The van der Waals surface area contributed by atoms with Crippen LogP contribution < -0.4 is 0 Å². The van der Waals surface area contributed by atoms with Gasteiger partial charge in [-0.25, -0.2) is 0 Å². The zero-order valence-corrected chi connectivity index (χ0v) is 12.1. The summed E-state index contributed by atoms with van der Waals surface area (Å²) in [7, 11) is 0. The lowest BCUT2D eigenvalue weighted by atomic mass is 9.80. The lowest BCUT2D eigenvalue weighted by Crippen LogP contribution is -2.23. The summed E-state index contributed by atoms with van der Waals surface area (Å²) in [6, 6.07) is 4.13. The maximum atomic E-state index is 12.6. The Morgan fingerprint density at radius 3 is 3.00 bits per heavy atom. The van der Waals surface area contributed by atoms with Crippen molar-refractivity contribution < 1.29 is 4.79 Å². The lowest BCUT2D eigenvalue weighted by Gasteiger charge is -2.26. The predicted octanol–water partition coefficient (Wildman–Crippen LogP) is 3.60. The molecule has 2 aliphatic rings. The fourth-order valence-corrected chi connectivity index (χ4v) is 4.50. The second-order valence-corrected chi connectivity index (χ2v) is 6.94. The number of nitrogens with zero attached hydrogens (tertiary/aromatic N) is 1. The third kappa shape index (κ3) is 3.02. The average molecular weight is 275 g/mol. The van der Waals surface area contributed by atoms with Crippen LogP contribution in [0.1, 0.15) is 49.3 Å². The second-order valence-electron chi connectivity index (χ2n) is 5.72. The van der Waals surface area contributed by atoms with Gasteiger partial charge in [-0.05, 0) is 61.2 Å². The number of Topliss-reactive ketones (excluding diaryl/α,β-unsaturated/α-hetero) is 1. The van der Waals surface area contributed by atoms with E-state index in [2.05, 4.69) is 11.1 Å². The Bertz CT molecular complexity index is 454. The third-order valence-electron chi connectivity index (χ3n) is 4.41. The average Bonchev–Trinajstić information content (AvgIpc) is 2.47. The minimum absolute atomic E-state index is 0.0829. The molecule has 1 aromatic rings. The third-order valence-corrected chi connectivity index (χ3v) is 5.46. The molecule has 2 nitrogen and oxygen atoms in total. The highest BCUT2D eigenvalue weighted by Crippen LogP contribution is 2.34. The first kappa shape index (κ1) is 13.2. The number of pyridine rings is 1. The zero-order valence-electron chi connectivity index (χ0n) is 11.3. The molecule has 0 amide bonds. The number of hydrogen-bond acceptors (Lipinski definition) is 3. The van der Waals surface area contributed by atoms with Gasteiger partial charge in [0.2, 0.25) is 0 Å². The minimum Gasteiger partial charge on any atom is -0.299 e. The first-order valence-electron chi connectivity index (χ1n) is 7.39. The molecule has 1 unspecified atom stereocenters. The summed E-state index contributed by atoms with van der Waals surface area (Å²) >= 11 is 2.03. The molecule has 102 valence electrons. The zero-order chi connectivity index (χ0) is 13.1. The number of ketones is 1. The van der Waals surface area contributed by atoms with E-state index in [1.54, 1.807) is 0 Å². The fourth-order valence-electron chi connectivity index (χ4n) is 3.30. The Morgan fingerprint density at radius 2 is 2.16 bits per heavy atom.